The Morgan fingerprint density at radius 1 is 0.964 bits per heavy atom. The molecule has 0 atom stereocenters. The Bertz CT molecular complexity index is 961. The summed E-state index contributed by atoms with van der Waals surface area (Å²) in [7, 11) is 3.13. The lowest BCUT2D eigenvalue weighted by Crippen LogP contribution is -2.23. The summed E-state index contributed by atoms with van der Waals surface area (Å²) in [5.41, 5.74) is 2.61. The Morgan fingerprint density at radius 2 is 1.71 bits per heavy atom. The number of nitrogens with zero attached hydrogens (tertiary/aromatic N) is 1. The lowest BCUT2D eigenvalue weighted by molar-refractivity contribution is 0.0950. The smallest absolute Gasteiger partial charge is 0.253 e. The van der Waals surface area contributed by atoms with Crippen molar-refractivity contribution in [1.29, 1.82) is 0 Å². The van der Waals surface area contributed by atoms with E-state index in [2.05, 4.69) is 15.6 Å². The molecule has 0 fully saturated rings. The summed E-state index contributed by atoms with van der Waals surface area (Å²) in [5, 5.41) is 5.94. The van der Waals surface area contributed by atoms with E-state index < -0.39 is 0 Å². The van der Waals surface area contributed by atoms with Gasteiger partial charge in [-0.25, -0.2) is 4.39 Å². The zero-order valence-corrected chi connectivity index (χ0v) is 15.5. The predicted molar refractivity (Wildman–Crippen MR) is 105 cm³/mol. The maximum Gasteiger partial charge on any atom is 0.253 e. The van der Waals surface area contributed by atoms with E-state index in [4.69, 9.17) is 9.47 Å². The number of ether oxygens (including phenoxy) is 2. The number of anilines is 2. The van der Waals surface area contributed by atoms with E-state index in [-0.39, 0.29) is 11.7 Å². The van der Waals surface area contributed by atoms with E-state index in [0.29, 0.717) is 35.0 Å². The molecule has 144 valence electrons. The van der Waals surface area contributed by atoms with Crippen molar-refractivity contribution in [2.45, 2.75) is 6.54 Å². The largest absolute Gasteiger partial charge is 0.493 e. The maximum atomic E-state index is 13.0. The number of pyridine rings is 1. The third-order valence-electron chi connectivity index (χ3n) is 4.03. The minimum absolute atomic E-state index is 0.259. The van der Waals surface area contributed by atoms with Crippen molar-refractivity contribution >= 4 is 17.3 Å². The van der Waals surface area contributed by atoms with Crippen LogP contribution in [0.2, 0.25) is 0 Å². The lowest BCUT2D eigenvalue weighted by atomic mass is 10.2. The molecule has 2 N–H and O–H groups in total. The molecule has 0 saturated carbocycles. The predicted octanol–water partition coefficient (Wildman–Crippen LogP) is 3.91. The van der Waals surface area contributed by atoms with Gasteiger partial charge < -0.3 is 20.1 Å². The number of halogens is 1. The standard InChI is InChI=1S/C21H20FN3O3/c1-27-19-8-3-14(9-20(19)28-2)11-24-21(26)15-10-18(13-23-12-15)25-17-6-4-16(22)5-7-17/h3-10,12-13,25H,11H2,1-2H3,(H,24,26). The van der Waals surface area contributed by atoms with E-state index in [0.717, 1.165) is 5.56 Å². The first-order chi connectivity index (χ1) is 13.6. The minimum atomic E-state index is -0.313. The van der Waals surface area contributed by atoms with Gasteiger partial charge in [0, 0.05) is 18.4 Å². The zero-order valence-electron chi connectivity index (χ0n) is 15.5. The molecular weight excluding hydrogens is 361 g/mol. The highest BCUT2D eigenvalue weighted by Crippen LogP contribution is 2.27. The van der Waals surface area contributed by atoms with Crippen molar-refractivity contribution in [3.63, 3.8) is 0 Å². The highest BCUT2D eigenvalue weighted by Gasteiger charge is 2.09. The third kappa shape index (κ3) is 4.76. The summed E-state index contributed by atoms with van der Waals surface area (Å²) >= 11 is 0. The van der Waals surface area contributed by atoms with E-state index in [9.17, 15) is 9.18 Å². The van der Waals surface area contributed by atoms with Crippen LogP contribution in [0.15, 0.2) is 60.9 Å². The summed E-state index contributed by atoms with van der Waals surface area (Å²) < 4.78 is 23.5. The van der Waals surface area contributed by atoms with Crippen molar-refractivity contribution in [1.82, 2.24) is 10.3 Å². The molecule has 7 heteroatoms. The van der Waals surface area contributed by atoms with Crippen molar-refractivity contribution in [3.05, 3.63) is 77.9 Å². The van der Waals surface area contributed by atoms with Gasteiger partial charge in [0.25, 0.3) is 5.91 Å². The number of aromatic nitrogens is 1. The Morgan fingerprint density at radius 3 is 2.43 bits per heavy atom. The number of rotatable bonds is 7. The molecule has 0 bridgehead atoms. The summed E-state index contributed by atoms with van der Waals surface area (Å²) in [6.07, 6.45) is 3.08. The zero-order chi connectivity index (χ0) is 19.9. The average molecular weight is 381 g/mol. The van der Waals surface area contributed by atoms with Crippen LogP contribution < -0.4 is 20.1 Å². The normalized spacial score (nSPS) is 10.2. The first kappa shape index (κ1) is 19.2. The molecule has 0 aliphatic carbocycles. The first-order valence-corrected chi connectivity index (χ1v) is 8.56. The van der Waals surface area contributed by atoms with Crippen LogP contribution in [-0.4, -0.2) is 25.1 Å². The van der Waals surface area contributed by atoms with Gasteiger partial charge in [-0.1, -0.05) is 6.07 Å². The second kappa shape index (κ2) is 8.85. The number of benzene rings is 2. The first-order valence-electron chi connectivity index (χ1n) is 8.56. The average Bonchev–Trinajstić information content (AvgIpc) is 2.73. The molecule has 1 aromatic heterocycles. The molecule has 6 nitrogen and oxygen atoms in total. The fourth-order valence-corrected chi connectivity index (χ4v) is 2.61. The monoisotopic (exact) mass is 381 g/mol. The molecule has 0 unspecified atom stereocenters. The quantitative estimate of drug-likeness (QED) is 0.649. The van der Waals surface area contributed by atoms with Crippen LogP contribution in [0.4, 0.5) is 15.8 Å². The second-order valence-corrected chi connectivity index (χ2v) is 5.97. The van der Waals surface area contributed by atoms with Crippen LogP contribution >= 0.6 is 0 Å². The van der Waals surface area contributed by atoms with Crippen LogP contribution in [-0.2, 0) is 6.54 Å². The SMILES string of the molecule is COc1ccc(CNC(=O)c2cncc(Nc3ccc(F)cc3)c2)cc1OC. The molecule has 3 rings (SSSR count). The highest BCUT2D eigenvalue weighted by atomic mass is 19.1. The lowest BCUT2D eigenvalue weighted by Gasteiger charge is -2.11. The molecule has 0 aliphatic heterocycles. The molecule has 28 heavy (non-hydrogen) atoms. The highest BCUT2D eigenvalue weighted by molar-refractivity contribution is 5.94. The van der Waals surface area contributed by atoms with E-state index in [1.54, 1.807) is 44.7 Å². The summed E-state index contributed by atoms with van der Waals surface area (Å²) in [6, 6.07) is 13.1. The summed E-state index contributed by atoms with van der Waals surface area (Å²) in [5.74, 6) is 0.653. The van der Waals surface area contributed by atoms with Crippen LogP contribution in [0, 0.1) is 5.82 Å². The number of amides is 1. The fraction of sp³-hybridized carbons (Fsp3) is 0.143. The molecule has 0 aliphatic rings. The second-order valence-electron chi connectivity index (χ2n) is 5.97. The summed E-state index contributed by atoms with van der Waals surface area (Å²) in [6.45, 7) is 0.328. The van der Waals surface area contributed by atoms with Gasteiger partial charge in [-0.15, -0.1) is 0 Å². The van der Waals surface area contributed by atoms with Gasteiger partial charge in [-0.2, -0.15) is 0 Å². The van der Waals surface area contributed by atoms with Crippen molar-refractivity contribution in [3.8, 4) is 11.5 Å². The minimum Gasteiger partial charge on any atom is -0.493 e. The molecule has 0 spiro atoms. The van der Waals surface area contributed by atoms with Crippen molar-refractivity contribution in [2.75, 3.05) is 19.5 Å². The van der Waals surface area contributed by atoms with Gasteiger partial charge >= 0.3 is 0 Å². The fourth-order valence-electron chi connectivity index (χ4n) is 2.61. The van der Waals surface area contributed by atoms with Crippen molar-refractivity contribution < 1.29 is 18.7 Å². The van der Waals surface area contributed by atoms with Gasteiger partial charge in [0.05, 0.1) is 31.7 Å². The molecule has 0 saturated heterocycles. The number of hydrogen-bond acceptors (Lipinski definition) is 5. The molecule has 2 aromatic carbocycles. The Kier molecular flexibility index (Phi) is 6.06. The Labute approximate surface area is 162 Å². The van der Waals surface area contributed by atoms with E-state index >= 15 is 0 Å². The number of methoxy groups -OCH3 is 2. The number of nitrogens with one attached hydrogen (secondary N) is 2. The van der Waals surface area contributed by atoms with Crippen LogP contribution in [0.5, 0.6) is 11.5 Å². The van der Waals surface area contributed by atoms with E-state index in [1.165, 1.54) is 18.3 Å². The topological polar surface area (TPSA) is 72.5 Å². The maximum absolute atomic E-state index is 13.0. The van der Waals surface area contributed by atoms with Crippen LogP contribution in [0.1, 0.15) is 15.9 Å². The molecule has 0 radical (unpaired) electrons. The van der Waals surface area contributed by atoms with Crippen LogP contribution in [0.3, 0.4) is 0 Å². The number of carbonyl (C=O) groups is 1. The van der Waals surface area contributed by atoms with Gasteiger partial charge in [-0.05, 0) is 48.0 Å². The summed E-state index contributed by atoms with van der Waals surface area (Å²) in [4.78, 5) is 16.6. The Hall–Kier alpha value is -3.61. The molecule has 3 aromatic rings. The van der Waals surface area contributed by atoms with Crippen molar-refractivity contribution in [2.24, 2.45) is 0 Å². The number of hydrogen-bond donors (Lipinski definition) is 2. The van der Waals surface area contributed by atoms with Gasteiger partial charge in [0.15, 0.2) is 11.5 Å². The third-order valence-corrected chi connectivity index (χ3v) is 4.03. The van der Waals surface area contributed by atoms with Gasteiger partial charge in [0.2, 0.25) is 0 Å². The number of carbonyl (C=O) groups excluding carboxylic acids is 1. The molecule has 1 amide bonds. The van der Waals surface area contributed by atoms with Gasteiger partial charge in [-0.3, -0.25) is 9.78 Å². The Balaban J connectivity index is 1.65. The van der Waals surface area contributed by atoms with Crippen LogP contribution in [0.25, 0.3) is 0 Å². The molecule has 1 heterocycles. The van der Waals surface area contributed by atoms with Gasteiger partial charge in [0.1, 0.15) is 5.82 Å². The van der Waals surface area contributed by atoms with E-state index in [1.807, 2.05) is 12.1 Å². The molecular formula is C21H20FN3O3.